The van der Waals surface area contributed by atoms with Crippen molar-refractivity contribution in [3.05, 3.63) is 41.8 Å². The number of carbonyl (C=O) groups is 1. The normalized spacial score (nSPS) is 20.4. The molecule has 1 aliphatic heterocycles. The van der Waals surface area contributed by atoms with Crippen LogP contribution in [0.2, 0.25) is 5.02 Å². The molecule has 1 fully saturated rings. The fourth-order valence-electron chi connectivity index (χ4n) is 2.70. The highest BCUT2D eigenvalue weighted by Crippen LogP contribution is 2.28. The standard InChI is InChI=1S/C16H18ClN3O2/c1-11-20(16(2,3)9-22-11)15(21)19-8-14(18-10-19)12-4-6-13(17)7-5-12/h4-8,10-11H,9H2,1-3H3. The van der Waals surface area contributed by atoms with E-state index in [0.717, 1.165) is 11.3 Å². The van der Waals surface area contributed by atoms with Crippen molar-refractivity contribution in [3.63, 3.8) is 0 Å². The summed E-state index contributed by atoms with van der Waals surface area (Å²) in [7, 11) is 0. The summed E-state index contributed by atoms with van der Waals surface area (Å²) < 4.78 is 7.08. The van der Waals surface area contributed by atoms with E-state index in [2.05, 4.69) is 4.98 Å². The van der Waals surface area contributed by atoms with E-state index in [0.29, 0.717) is 11.6 Å². The molecule has 0 aliphatic carbocycles. The summed E-state index contributed by atoms with van der Waals surface area (Å²) >= 11 is 5.89. The van der Waals surface area contributed by atoms with Crippen LogP contribution in [0.4, 0.5) is 4.79 Å². The summed E-state index contributed by atoms with van der Waals surface area (Å²) in [4.78, 5) is 18.8. The third kappa shape index (κ3) is 2.62. The number of imidazole rings is 1. The number of ether oxygens (including phenoxy) is 1. The van der Waals surface area contributed by atoms with Crippen LogP contribution in [-0.4, -0.2) is 38.9 Å². The van der Waals surface area contributed by atoms with Gasteiger partial charge in [-0.1, -0.05) is 23.7 Å². The summed E-state index contributed by atoms with van der Waals surface area (Å²) in [5, 5.41) is 0.670. The first-order valence-corrected chi connectivity index (χ1v) is 7.51. The second-order valence-corrected chi connectivity index (χ2v) is 6.48. The topological polar surface area (TPSA) is 47.4 Å². The molecule has 3 rings (SSSR count). The van der Waals surface area contributed by atoms with Crippen LogP contribution in [0, 0.1) is 0 Å². The lowest BCUT2D eigenvalue weighted by molar-refractivity contribution is 0.0613. The van der Waals surface area contributed by atoms with Gasteiger partial charge in [0.25, 0.3) is 0 Å². The first-order chi connectivity index (χ1) is 10.4. The average molecular weight is 320 g/mol. The molecule has 0 saturated carbocycles. The van der Waals surface area contributed by atoms with E-state index in [-0.39, 0.29) is 17.8 Å². The van der Waals surface area contributed by atoms with Crippen molar-refractivity contribution in [3.8, 4) is 11.3 Å². The molecule has 2 aromatic rings. The van der Waals surface area contributed by atoms with Gasteiger partial charge in [-0.2, -0.15) is 0 Å². The first kappa shape index (κ1) is 15.1. The lowest BCUT2D eigenvalue weighted by Crippen LogP contribution is -2.48. The molecule has 0 radical (unpaired) electrons. The van der Waals surface area contributed by atoms with Crippen LogP contribution in [0.15, 0.2) is 36.8 Å². The molecule has 116 valence electrons. The predicted octanol–water partition coefficient (Wildman–Crippen LogP) is 3.63. The third-order valence-corrected chi connectivity index (χ3v) is 4.10. The molecular formula is C16H18ClN3O2. The highest BCUT2D eigenvalue weighted by atomic mass is 35.5. The molecule has 0 bridgehead atoms. The lowest BCUT2D eigenvalue weighted by Gasteiger charge is -2.31. The maximum Gasteiger partial charge on any atom is 0.332 e. The molecule has 1 amide bonds. The molecule has 6 heteroatoms. The Hall–Kier alpha value is -1.85. The van der Waals surface area contributed by atoms with Crippen molar-refractivity contribution in [1.82, 2.24) is 14.5 Å². The fraction of sp³-hybridized carbons (Fsp3) is 0.375. The molecule has 5 nitrogen and oxygen atoms in total. The number of hydrogen-bond acceptors (Lipinski definition) is 3. The van der Waals surface area contributed by atoms with Crippen LogP contribution in [0.1, 0.15) is 20.8 Å². The molecule has 2 heterocycles. The van der Waals surface area contributed by atoms with Crippen molar-refractivity contribution in [2.24, 2.45) is 0 Å². The Balaban J connectivity index is 1.87. The Morgan fingerprint density at radius 1 is 1.36 bits per heavy atom. The lowest BCUT2D eigenvalue weighted by atomic mass is 10.1. The zero-order chi connectivity index (χ0) is 15.9. The highest BCUT2D eigenvalue weighted by molar-refractivity contribution is 6.30. The van der Waals surface area contributed by atoms with E-state index in [1.54, 1.807) is 23.2 Å². The number of benzene rings is 1. The molecule has 1 aromatic carbocycles. The van der Waals surface area contributed by atoms with Gasteiger partial charge < -0.3 is 4.74 Å². The molecule has 22 heavy (non-hydrogen) atoms. The molecule has 0 spiro atoms. The Kier molecular flexibility index (Phi) is 3.70. The molecule has 1 unspecified atom stereocenters. The maximum absolute atomic E-state index is 12.7. The number of nitrogens with zero attached hydrogens (tertiary/aromatic N) is 3. The van der Waals surface area contributed by atoms with Gasteiger partial charge >= 0.3 is 6.03 Å². The van der Waals surface area contributed by atoms with Gasteiger partial charge in [0.15, 0.2) is 0 Å². The highest BCUT2D eigenvalue weighted by Gasteiger charge is 2.42. The zero-order valence-electron chi connectivity index (χ0n) is 12.8. The predicted molar refractivity (Wildman–Crippen MR) is 84.8 cm³/mol. The van der Waals surface area contributed by atoms with Gasteiger partial charge in [0.1, 0.15) is 12.6 Å². The van der Waals surface area contributed by atoms with Crippen LogP contribution < -0.4 is 0 Å². The quantitative estimate of drug-likeness (QED) is 0.806. The maximum atomic E-state index is 12.7. The van der Waals surface area contributed by atoms with Crippen LogP contribution in [0.5, 0.6) is 0 Å². The largest absolute Gasteiger partial charge is 0.356 e. The summed E-state index contributed by atoms with van der Waals surface area (Å²) in [5.41, 5.74) is 1.32. The van der Waals surface area contributed by atoms with Gasteiger partial charge in [0.05, 0.1) is 17.8 Å². The number of aromatic nitrogens is 2. The summed E-state index contributed by atoms with van der Waals surface area (Å²) in [5.74, 6) is 0. The first-order valence-electron chi connectivity index (χ1n) is 7.14. The second-order valence-electron chi connectivity index (χ2n) is 6.05. The van der Waals surface area contributed by atoms with Crippen molar-refractivity contribution in [2.45, 2.75) is 32.5 Å². The van der Waals surface area contributed by atoms with Gasteiger partial charge in [-0.15, -0.1) is 0 Å². The van der Waals surface area contributed by atoms with Crippen LogP contribution >= 0.6 is 11.6 Å². The van der Waals surface area contributed by atoms with Crippen molar-refractivity contribution < 1.29 is 9.53 Å². The van der Waals surface area contributed by atoms with E-state index in [9.17, 15) is 4.79 Å². The number of amides is 1. The van der Waals surface area contributed by atoms with Crippen LogP contribution in [0.25, 0.3) is 11.3 Å². The average Bonchev–Trinajstić information content (AvgIpc) is 3.05. The Labute approximate surface area is 134 Å². The van der Waals surface area contributed by atoms with E-state index in [1.165, 1.54) is 10.9 Å². The summed E-state index contributed by atoms with van der Waals surface area (Å²) in [6.07, 6.45) is 3.02. The Morgan fingerprint density at radius 3 is 2.64 bits per heavy atom. The molecule has 1 saturated heterocycles. The Morgan fingerprint density at radius 2 is 2.05 bits per heavy atom. The number of hydrogen-bond donors (Lipinski definition) is 0. The minimum atomic E-state index is -0.332. The van der Waals surface area contributed by atoms with Crippen LogP contribution in [-0.2, 0) is 4.74 Å². The molecule has 0 N–H and O–H groups in total. The van der Waals surface area contributed by atoms with E-state index in [4.69, 9.17) is 16.3 Å². The van der Waals surface area contributed by atoms with Crippen LogP contribution in [0.3, 0.4) is 0 Å². The van der Waals surface area contributed by atoms with E-state index in [1.807, 2.05) is 32.9 Å². The van der Waals surface area contributed by atoms with Crippen molar-refractivity contribution in [1.29, 1.82) is 0 Å². The number of carbonyl (C=O) groups excluding carboxylic acids is 1. The van der Waals surface area contributed by atoms with E-state index < -0.39 is 0 Å². The Bertz CT molecular complexity index is 694. The van der Waals surface area contributed by atoms with Crippen molar-refractivity contribution in [2.75, 3.05) is 6.61 Å². The number of halogens is 1. The third-order valence-electron chi connectivity index (χ3n) is 3.84. The molecule has 1 atom stereocenters. The SMILES string of the molecule is CC1OCC(C)(C)N1C(=O)n1cnc(-c2ccc(Cl)cc2)c1. The molecule has 1 aliphatic rings. The zero-order valence-corrected chi connectivity index (χ0v) is 13.5. The van der Waals surface area contributed by atoms with Gasteiger partial charge in [-0.25, -0.2) is 9.78 Å². The number of rotatable bonds is 1. The second kappa shape index (κ2) is 5.41. The van der Waals surface area contributed by atoms with Gasteiger partial charge in [0, 0.05) is 16.8 Å². The monoisotopic (exact) mass is 319 g/mol. The van der Waals surface area contributed by atoms with Gasteiger partial charge in [0.2, 0.25) is 0 Å². The summed E-state index contributed by atoms with van der Waals surface area (Å²) in [6.45, 7) is 6.39. The van der Waals surface area contributed by atoms with E-state index >= 15 is 0 Å². The minimum Gasteiger partial charge on any atom is -0.356 e. The minimum absolute atomic E-state index is 0.136. The van der Waals surface area contributed by atoms with Crippen molar-refractivity contribution >= 4 is 17.6 Å². The molecular weight excluding hydrogens is 302 g/mol. The van der Waals surface area contributed by atoms with Gasteiger partial charge in [-0.3, -0.25) is 9.47 Å². The van der Waals surface area contributed by atoms with Gasteiger partial charge in [-0.05, 0) is 32.9 Å². The smallest absolute Gasteiger partial charge is 0.332 e. The molecule has 1 aromatic heterocycles. The summed E-state index contributed by atoms with van der Waals surface area (Å²) in [6, 6.07) is 7.23. The fourth-order valence-corrected chi connectivity index (χ4v) is 2.82.